The lowest BCUT2D eigenvalue weighted by Gasteiger charge is -1.91. The second kappa shape index (κ2) is 5.18. The van der Waals surface area contributed by atoms with Crippen molar-refractivity contribution in [1.29, 1.82) is 0 Å². The van der Waals surface area contributed by atoms with Crippen molar-refractivity contribution in [1.82, 2.24) is 0 Å². The summed E-state index contributed by atoms with van der Waals surface area (Å²) in [6.45, 7) is 0. The van der Waals surface area contributed by atoms with Gasteiger partial charge in [-0.25, -0.2) is 0 Å². The molecule has 58 valence electrons. The Bertz CT molecular complexity index is 51.7. The molecule has 0 aliphatic rings. The van der Waals surface area contributed by atoms with Crippen LogP contribution in [0.25, 0.3) is 0 Å². The molecule has 0 bridgehead atoms. The first-order chi connectivity index (χ1) is 3.73. The van der Waals surface area contributed by atoms with E-state index in [4.69, 9.17) is 19.2 Å². The smallest absolute Gasteiger partial charge is 0.617 e. The predicted octanol–water partition coefficient (Wildman–Crippen LogP) is -2.61. The van der Waals surface area contributed by atoms with Gasteiger partial charge in [0.1, 0.15) is 0 Å². The molecule has 7 heteroatoms. The molecule has 9 heavy (non-hydrogen) atoms. The summed E-state index contributed by atoms with van der Waals surface area (Å²) in [4.78, 5) is 29.3. The van der Waals surface area contributed by atoms with Crippen molar-refractivity contribution in [2.75, 3.05) is 12.5 Å². The maximum atomic E-state index is 9.56. The van der Waals surface area contributed by atoms with E-state index >= 15 is 0 Å². The highest BCUT2D eigenvalue weighted by molar-refractivity contribution is 7.89. The van der Waals surface area contributed by atoms with Gasteiger partial charge in [0.25, 0.3) is 0 Å². The summed E-state index contributed by atoms with van der Waals surface area (Å²) < 4.78 is 9.56. The van der Waals surface area contributed by atoms with E-state index in [1.165, 1.54) is 0 Å². The molecular weight excluding hydrogens is 164 g/mol. The van der Waals surface area contributed by atoms with Crippen molar-refractivity contribution in [3.05, 3.63) is 0 Å². The molecule has 0 spiro atoms. The summed E-state index contributed by atoms with van der Waals surface area (Å²) in [7, 11) is -4.61. The largest absolute Gasteiger partial charge is 0.668 e. The fourth-order valence-corrected chi connectivity index (χ4v) is 0. The summed E-state index contributed by atoms with van der Waals surface area (Å²) in [5.74, 6) is 0. The summed E-state index contributed by atoms with van der Waals surface area (Å²) >= 11 is -0.611. The Hall–Kier alpha value is 0.367. The van der Waals surface area contributed by atoms with E-state index in [9.17, 15) is 4.55 Å². The second-order valence-electron chi connectivity index (χ2n) is 1.34. The van der Waals surface area contributed by atoms with E-state index in [-0.39, 0.29) is 0 Å². The quantitative estimate of drug-likeness (QED) is 0.238. The summed E-state index contributed by atoms with van der Waals surface area (Å²) in [6.07, 6.45) is 3.28. The van der Waals surface area contributed by atoms with Crippen LogP contribution < -0.4 is 0 Å². The fraction of sp³-hybridized carbons (Fsp3) is 1.00. The van der Waals surface area contributed by atoms with Gasteiger partial charge in [0, 0.05) is 0 Å². The van der Waals surface area contributed by atoms with Crippen LogP contribution in [0.4, 0.5) is 0 Å². The third kappa shape index (κ3) is 2520. The lowest BCUT2D eigenvalue weighted by atomic mass is 11.9. The van der Waals surface area contributed by atoms with Crippen LogP contribution in [0.1, 0.15) is 0 Å². The highest BCUT2D eigenvalue weighted by atomic mass is 32.2. The Morgan fingerprint density at radius 2 is 1.11 bits per heavy atom. The van der Waals surface area contributed by atoms with Gasteiger partial charge in [-0.15, -0.1) is 0 Å². The van der Waals surface area contributed by atoms with E-state index in [0.717, 1.165) is 0 Å². The Labute approximate surface area is 57.3 Å². The van der Waals surface area contributed by atoms with Crippen LogP contribution in [-0.4, -0.2) is 45.3 Å². The van der Waals surface area contributed by atoms with Gasteiger partial charge >= 0.3 is 9.05 Å². The molecule has 0 atom stereocenters. The fourth-order valence-electron chi connectivity index (χ4n) is 0. The molecule has 0 rings (SSSR count). The molecule has 0 aromatic carbocycles. The van der Waals surface area contributed by atoms with Crippen LogP contribution in [0.5, 0.6) is 0 Å². The van der Waals surface area contributed by atoms with Gasteiger partial charge in [0.15, 0.2) is 0 Å². The summed E-state index contributed by atoms with van der Waals surface area (Å²) in [6, 6.07) is 0. The molecule has 0 radical (unpaired) electrons. The number of hydrogen-bond acceptors (Lipinski definition) is 5. The molecule has 0 aromatic heterocycles. The molecule has 0 unspecified atom stereocenters. The number of hydrogen-bond donors (Lipinski definition) is 4. The van der Waals surface area contributed by atoms with Gasteiger partial charge in [0.05, 0.1) is 12.5 Å². The number of rotatable bonds is 0. The Morgan fingerprint density at radius 3 is 1.11 bits per heavy atom. The van der Waals surface area contributed by atoms with Crippen LogP contribution in [0.15, 0.2) is 0 Å². The first kappa shape index (κ1) is 12.1. The highest BCUT2D eigenvalue weighted by Crippen LogP contribution is 1.67. The van der Waals surface area contributed by atoms with Crippen molar-refractivity contribution in [2.45, 2.75) is 0 Å². The van der Waals surface area contributed by atoms with E-state index in [2.05, 4.69) is 0 Å². The maximum Gasteiger partial charge on any atom is 0.668 e. The van der Waals surface area contributed by atoms with E-state index < -0.39 is 20.2 Å². The van der Waals surface area contributed by atoms with Crippen molar-refractivity contribution in [3.8, 4) is 0 Å². The van der Waals surface area contributed by atoms with Crippen molar-refractivity contribution in [3.63, 3.8) is 0 Å². The molecule has 5 nitrogen and oxygen atoms in total. The molecular formula is C2H10O5SSi. The van der Waals surface area contributed by atoms with Gasteiger partial charge in [0.2, 0.25) is 0 Å². The molecule has 4 N–H and O–H groups in total. The Kier molecular flexibility index (Phi) is 6.95. The van der Waals surface area contributed by atoms with E-state index in [0.29, 0.717) is 0 Å². The van der Waals surface area contributed by atoms with Gasteiger partial charge in [-0.05, 0) is 0 Å². The van der Waals surface area contributed by atoms with Crippen molar-refractivity contribution < 1.29 is 23.7 Å². The molecule has 0 aliphatic heterocycles. The van der Waals surface area contributed by atoms with Crippen LogP contribution in [0.2, 0.25) is 0 Å². The first-order valence-electron chi connectivity index (χ1n) is 1.88. The monoisotopic (exact) mass is 174 g/mol. The van der Waals surface area contributed by atoms with Gasteiger partial charge in [-0.3, -0.25) is 0 Å². The molecule has 0 saturated heterocycles. The lowest BCUT2D eigenvalue weighted by molar-refractivity contribution is 0.117. The lowest BCUT2D eigenvalue weighted by Crippen LogP contribution is -2.33. The Morgan fingerprint density at radius 1 is 1.11 bits per heavy atom. The molecule has 0 saturated carbocycles. The SMILES string of the molecule is C[S+](C)[O-].O[Si](O)(O)O. The minimum absolute atomic E-state index is 0.611. The maximum absolute atomic E-state index is 9.56. The van der Waals surface area contributed by atoms with Gasteiger partial charge in [-0.1, -0.05) is 11.2 Å². The second-order valence-corrected chi connectivity index (χ2v) is 4.02. The van der Waals surface area contributed by atoms with Crippen LogP contribution in [0.3, 0.4) is 0 Å². The van der Waals surface area contributed by atoms with Gasteiger partial charge < -0.3 is 23.7 Å². The molecule has 0 aromatic rings. The molecule has 0 aliphatic carbocycles. The predicted molar refractivity (Wildman–Crippen MR) is 34.6 cm³/mol. The van der Waals surface area contributed by atoms with E-state index in [1.54, 1.807) is 12.5 Å². The average Bonchev–Trinajstić information content (AvgIpc) is 1.19. The van der Waals surface area contributed by atoms with Gasteiger partial charge in [-0.2, -0.15) is 0 Å². The molecule has 0 fully saturated rings. The average molecular weight is 174 g/mol. The first-order valence-corrected chi connectivity index (χ1v) is 5.63. The topological polar surface area (TPSA) is 104 Å². The minimum atomic E-state index is -4.61. The molecule has 0 heterocycles. The third-order valence-electron chi connectivity index (χ3n) is 0. The van der Waals surface area contributed by atoms with Crippen LogP contribution >= 0.6 is 0 Å². The van der Waals surface area contributed by atoms with Crippen molar-refractivity contribution >= 4 is 20.2 Å². The zero-order valence-corrected chi connectivity index (χ0v) is 6.92. The summed E-state index contributed by atoms with van der Waals surface area (Å²) in [5, 5.41) is 0. The zero-order valence-electron chi connectivity index (χ0n) is 5.11. The Balaban J connectivity index is 0. The summed E-state index contributed by atoms with van der Waals surface area (Å²) in [5.41, 5.74) is 0. The standard InChI is InChI=1S/C2H6OS.H4O4Si/c1-4(2)3;1-5(2,3)4/h1-2H3;1-4H. The normalized spacial score (nSPS) is 10.7. The van der Waals surface area contributed by atoms with Crippen molar-refractivity contribution in [2.24, 2.45) is 0 Å². The van der Waals surface area contributed by atoms with E-state index in [1.807, 2.05) is 0 Å². The van der Waals surface area contributed by atoms with Crippen LogP contribution in [0, 0.1) is 0 Å². The third-order valence-corrected chi connectivity index (χ3v) is 0. The zero-order chi connectivity index (χ0) is 8.08. The van der Waals surface area contributed by atoms with Crippen LogP contribution in [-0.2, 0) is 11.2 Å². The molecule has 0 amide bonds. The highest BCUT2D eigenvalue weighted by Gasteiger charge is 2.22. The minimum Gasteiger partial charge on any atom is -0.617 e.